The van der Waals surface area contributed by atoms with Gasteiger partial charge in [-0.05, 0) is 61.8 Å². The molecule has 0 spiro atoms. The van der Waals surface area contributed by atoms with E-state index in [0.29, 0.717) is 12.8 Å². The van der Waals surface area contributed by atoms with Crippen molar-refractivity contribution in [1.29, 1.82) is 0 Å². The first-order chi connectivity index (χ1) is 14.6. The molecule has 0 aromatic heterocycles. The highest BCUT2D eigenvalue weighted by Gasteiger charge is 2.52. The van der Waals surface area contributed by atoms with Crippen molar-refractivity contribution in [2.45, 2.75) is 77.1 Å². The quantitative estimate of drug-likeness (QED) is 0.663. The van der Waals surface area contributed by atoms with Gasteiger partial charge in [0.05, 0.1) is 18.1 Å². The van der Waals surface area contributed by atoms with E-state index in [1.165, 1.54) is 11.1 Å². The lowest BCUT2D eigenvalue weighted by atomic mass is 9.70. The Morgan fingerprint density at radius 2 is 1.84 bits per heavy atom. The number of aliphatic carboxylic acids is 1. The number of aryl methyl sites for hydroxylation is 1. The Morgan fingerprint density at radius 1 is 1.13 bits per heavy atom. The van der Waals surface area contributed by atoms with Gasteiger partial charge in [-0.2, -0.15) is 0 Å². The number of hydrogen-bond donors (Lipinski definition) is 1. The van der Waals surface area contributed by atoms with Gasteiger partial charge in [0.15, 0.2) is 0 Å². The van der Waals surface area contributed by atoms with Crippen LogP contribution < -0.4 is 4.74 Å². The van der Waals surface area contributed by atoms with E-state index in [1.54, 1.807) is 0 Å². The summed E-state index contributed by atoms with van der Waals surface area (Å²) in [7, 11) is 0. The van der Waals surface area contributed by atoms with E-state index in [-0.39, 0.29) is 23.5 Å². The minimum Gasteiger partial charge on any atom is -0.487 e. The number of carboxylic acids is 1. The molecule has 2 heterocycles. The van der Waals surface area contributed by atoms with Crippen LogP contribution in [0.25, 0.3) is 0 Å². The van der Waals surface area contributed by atoms with Crippen molar-refractivity contribution in [3.05, 3.63) is 65.2 Å². The molecule has 4 rings (SSSR count). The van der Waals surface area contributed by atoms with Crippen molar-refractivity contribution in [3.8, 4) is 5.75 Å². The fraction of sp³-hybridized carbons (Fsp3) is 0.519. The van der Waals surface area contributed by atoms with E-state index in [9.17, 15) is 9.90 Å². The SMILES string of the molecule is CC(C)(C)c1ccc2c(c1)[C@@H]1O[C@H](CCc3ccccc3)[C@H](C(=O)O)C[C@H]1C(C)(C)O2. The number of carbonyl (C=O) groups is 1. The van der Waals surface area contributed by atoms with Crippen LogP contribution in [0.3, 0.4) is 0 Å². The van der Waals surface area contributed by atoms with Gasteiger partial charge < -0.3 is 14.6 Å². The van der Waals surface area contributed by atoms with Crippen molar-refractivity contribution in [2.24, 2.45) is 11.8 Å². The zero-order valence-corrected chi connectivity index (χ0v) is 19.2. The first-order valence-electron chi connectivity index (χ1n) is 11.3. The van der Waals surface area contributed by atoms with Crippen LogP contribution in [0.5, 0.6) is 5.75 Å². The summed E-state index contributed by atoms with van der Waals surface area (Å²) in [5, 5.41) is 9.99. The molecule has 0 saturated carbocycles. The summed E-state index contributed by atoms with van der Waals surface area (Å²) >= 11 is 0. The van der Waals surface area contributed by atoms with E-state index in [1.807, 2.05) is 18.2 Å². The second-order valence-electron chi connectivity index (χ2n) is 10.6. The maximum absolute atomic E-state index is 12.2. The average Bonchev–Trinajstić information content (AvgIpc) is 2.71. The number of benzene rings is 2. The van der Waals surface area contributed by atoms with Crippen LogP contribution in [0.1, 0.15) is 70.3 Å². The highest BCUT2D eigenvalue weighted by atomic mass is 16.5. The monoisotopic (exact) mass is 422 g/mol. The Morgan fingerprint density at radius 3 is 2.48 bits per heavy atom. The Kier molecular flexibility index (Phi) is 5.63. The molecule has 4 heteroatoms. The molecule has 2 aliphatic rings. The van der Waals surface area contributed by atoms with Gasteiger partial charge in [0.1, 0.15) is 11.4 Å². The van der Waals surface area contributed by atoms with Gasteiger partial charge in [0.25, 0.3) is 0 Å². The molecule has 1 saturated heterocycles. The fourth-order valence-electron chi connectivity index (χ4n) is 5.04. The summed E-state index contributed by atoms with van der Waals surface area (Å²) in [4.78, 5) is 12.2. The van der Waals surface area contributed by atoms with Crippen LogP contribution in [-0.2, 0) is 21.4 Å². The summed E-state index contributed by atoms with van der Waals surface area (Å²) in [5.41, 5.74) is 3.03. The molecular formula is C27H34O4. The first kappa shape index (κ1) is 21.9. The molecule has 4 nitrogen and oxygen atoms in total. The van der Waals surface area contributed by atoms with Gasteiger partial charge in [-0.15, -0.1) is 0 Å². The van der Waals surface area contributed by atoms with Crippen LogP contribution in [0.2, 0.25) is 0 Å². The Hall–Kier alpha value is -2.33. The minimum atomic E-state index is -0.776. The summed E-state index contributed by atoms with van der Waals surface area (Å²) in [6.07, 6.45) is 1.59. The summed E-state index contributed by atoms with van der Waals surface area (Å²) in [6.45, 7) is 10.7. The number of fused-ring (bicyclic) bond motifs is 3. The van der Waals surface area contributed by atoms with Gasteiger partial charge in [0.2, 0.25) is 0 Å². The Labute approximate surface area is 185 Å². The molecule has 31 heavy (non-hydrogen) atoms. The molecule has 2 aromatic rings. The van der Waals surface area contributed by atoms with Crippen LogP contribution in [0, 0.1) is 11.8 Å². The van der Waals surface area contributed by atoms with Crippen LogP contribution >= 0.6 is 0 Å². The average molecular weight is 423 g/mol. The lowest BCUT2D eigenvalue weighted by Crippen LogP contribution is -2.52. The molecule has 1 N–H and O–H groups in total. The second kappa shape index (κ2) is 7.98. The molecule has 0 bridgehead atoms. The van der Waals surface area contributed by atoms with Crippen LogP contribution in [0.15, 0.2) is 48.5 Å². The predicted octanol–water partition coefficient (Wildman–Crippen LogP) is 5.93. The van der Waals surface area contributed by atoms with E-state index in [0.717, 1.165) is 17.7 Å². The van der Waals surface area contributed by atoms with Crippen molar-refractivity contribution in [1.82, 2.24) is 0 Å². The van der Waals surface area contributed by atoms with Crippen molar-refractivity contribution in [3.63, 3.8) is 0 Å². The molecule has 0 amide bonds. The number of rotatable bonds is 4. The van der Waals surface area contributed by atoms with E-state index >= 15 is 0 Å². The van der Waals surface area contributed by atoms with Crippen LogP contribution in [0.4, 0.5) is 0 Å². The third-order valence-corrected chi connectivity index (χ3v) is 6.97. The normalized spacial score (nSPS) is 27.0. The highest BCUT2D eigenvalue weighted by molar-refractivity contribution is 5.71. The molecule has 1 fully saturated rings. The molecule has 4 atom stereocenters. The van der Waals surface area contributed by atoms with Crippen molar-refractivity contribution in [2.75, 3.05) is 0 Å². The predicted molar refractivity (Wildman–Crippen MR) is 121 cm³/mol. The third-order valence-electron chi connectivity index (χ3n) is 6.97. The van der Waals surface area contributed by atoms with Gasteiger partial charge in [0, 0.05) is 11.5 Å². The lowest BCUT2D eigenvalue weighted by Gasteiger charge is -2.50. The Bertz CT molecular complexity index is 941. The summed E-state index contributed by atoms with van der Waals surface area (Å²) in [5.74, 6) is -0.458. The maximum atomic E-state index is 12.2. The standard InChI is InChI=1S/C27H34O4/c1-26(2,3)18-12-14-23-19(15-18)24-21(27(4,5)31-23)16-20(25(28)29)22(30-24)13-11-17-9-7-6-8-10-17/h6-10,12,14-15,20-22,24H,11,13,16H2,1-5H3,(H,28,29)/t20-,21-,22-,24+/m1/s1. The van der Waals surface area contributed by atoms with E-state index in [2.05, 4.69) is 65.0 Å². The Balaban J connectivity index is 1.67. The number of ether oxygens (including phenoxy) is 2. The second-order valence-corrected chi connectivity index (χ2v) is 10.6. The first-order valence-corrected chi connectivity index (χ1v) is 11.3. The zero-order chi connectivity index (χ0) is 22.4. The van der Waals surface area contributed by atoms with E-state index in [4.69, 9.17) is 9.47 Å². The van der Waals surface area contributed by atoms with Gasteiger partial charge in [-0.1, -0.05) is 57.2 Å². The number of hydrogen-bond acceptors (Lipinski definition) is 3. The van der Waals surface area contributed by atoms with Gasteiger partial charge >= 0.3 is 5.97 Å². The van der Waals surface area contributed by atoms with Gasteiger partial charge in [-0.3, -0.25) is 4.79 Å². The topological polar surface area (TPSA) is 55.8 Å². The number of carboxylic acid groups (broad SMARTS) is 1. The molecule has 0 radical (unpaired) electrons. The lowest BCUT2D eigenvalue weighted by molar-refractivity contribution is -0.188. The smallest absolute Gasteiger partial charge is 0.309 e. The summed E-state index contributed by atoms with van der Waals surface area (Å²) in [6, 6.07) is 16.6. The van der Waals surface area contributed by atoms with E-state index < -0.39 is 17.5 Å². The maximum Gasteiger partial charge on any atom is 0.309 e. The zero-order valence-electron chi connectivity index (χ0n) is 19.2. The van der Waals surface area contributed by atoms with Gasteiger partial charge in [-0.25, -0.2) is 0 Å². The summed E-state index contributed by atoms with van der Waals surface area (Å²) < 4.78 is 13.0. The molecular weight excluding hydrogens is 388 g/mol. The third kappa shape index (κ3) is 4.36. The fourth-order valence-corrected chi connectivity index (χ4v) is 5.04. The molecule has 2 aliphatic heterocycles. The molecule has 166 valence electrons. The molecule has 0 aliphatic carbocycles. The molecule has 0 unspecified atom stereocenters. The van der Waals surface area contributed by atoms with Crippen molar-refractivity contribution < 1.29 is 19.4 Å². The largest absolute Gasteiger partial charge is 0.487 e. The highest BCUT2D eigenvalue weighted by Crippen LogP contribution is 2.53. The minimum absolute atomic E-state index is 0.00991. The molecule has 2 aromatic carbocycles. The van der Waals surface area contributed by atoms with Crippen molar-refractivity contribution >= 4 is 5.97 Å². The van der Waals surface area contributed by atoms with Crippen LogP contribution in [-0.4, -0.2) is 22.8 Å².